The predicted molar refractivity (Wildman–Crippen MR) is 75.3 cm³/mol. The highest BCUT2D eigenvalue weighted by atomic mass is 15.3. The number of nitrogens with zero attached hydrogens (tertiary/aromatic N) is 4. The van der Waals surface area contributed by atoms with Gasteiger partial charge < -0.3 is 4.57 Å². The lowest BCUT2D eigenvalue weighted by molar-refractivity contribution is 0.576. The molecule has 0 N–H and O–H groups in total. The SMILES string of the molecule is CCc1cc(Cn2cnc3c2CCCC3)n(CC)n1. The van der Waals surface area contributed by atoms with Crippen LogP contribution in [0.5, 0.6) is 0 Å². The molecule has 0 atom stereocenters. The first kappa shape index (κ1) is 12.5. The summed E-state index contributed by atoms with van der Waals surface area (Å²) in [6, 6.07) is 2.23. The summed E-state index contributed by atoms with van der Waals surface area (Å²) in [5.41, 5.74) is 5.23. The van der Waals surface area contributed by atoms with Gasteiger partial charge in [-0.2, -0.15) is 5.10 Å². The maximum atomic E-state index is 4.62. The number of rotatable bonds is 4. The third-order valence-corrected chi connectivity index (χ3v) is 4.02. The van der Waals surface area contributed by atoms with Gasteiger partial charge in [-0.25, -0.2) is 4.98 Å². The highest BCUT2D eigenvalue weighted by molar-refractivity contribution is 5.19. The second kappa shape index (κ2) is 5.19. The van der Waals surface area contributed by atoms with Crippen molar-refractivity contribution in [2.45, 2.75) is 59.0 Å². The molecular weight excluding hydrogens is 236 g/mol. The van der Waals surface area contributed by atoms with Crippen LogP contribution in [-0.2, 0) is 32.4 Å². The molecule has 0 aliphatic heterocycles. The third kappa shape index (κ3) is 2.31. The van der Waals surface area contributed by atoms with Crippen molar-refractivity contribution < 1.29 is 0 Å². The van der Waals surface area contributed by atoms with Gasteiger partial charge in [-0.05, 0) is 45.1 Å². The number of imidazole rings is 1. The van der Waals surface area contributed by atoms with Gasteiger partial charge in [0.15, 0.2) is 0 Å². The van der Waals surface area contributed by atoms with Crippen molar-refractivity contribution in [1.82, 2.24) is 19.3 Å². The molecule has 0 saturated carbocycles. The fourth-order valence-electron chi connectivity index (χ4n) is 2.93. The number of aromatic nitrogens is 4. The first-order chi connectivity index (χ1) is 9.31. The van der Waals surface area contributed by atoms with Crippen LogP contribution in [-0.4, -0.2) is 19.3 Å². The monoisotopic (exact) mass is 258 g/mol. The Balaban J connectivity index is 1.88. The van der Waals surface area contributed by atoms with Gasteiger partial charge in [0, 0.05) is 12.2 Å². The van der Waals surface area contributed by atoms with Crippen LogP contribution in [0, 0.1) is 0 Å². The molecule has 0 bridgehead atoms. The Labute approximate surface area is 114 Å². The first-order valence-corrected chi connectivity index (χ1v) is 7.40. The standard InChI is InChI=1S/C15H22N4/c1-3-12-9-13(19(4-2)17-12)10-18-11-16-14-7-5-6-8-15(14)18/h9,11H,3-8,10H2,1-2H3. The number of aryl methyl sites for hydroxylation is 3. The van der Waals surface area contributed by atoms with E-state index < -0.39 is 0 Å². The van der Waals surface area contributed by atoms with E-state index in [2.05, 4.69) is 39.2 Å². The molecule has 2 heterocycles. The van der Waals surface area contributed by atoms with Gasteiger partial charge in [-0.3, -0.25) is 4.68 Å². The van der Waals surface area contributed by atoms with E-state index in [1.165, 1.54) is 42.0 Å². The molecule has 4 nitrogen and oxygen atoms in total. The van der Waals surface area contributed by atoms with E-state index in [0.29, 0.717) is 0 Å². The summed E-state index contributed by atoms with van der Waals surface area (Å²) in [4.78, 5) is 4.57. The minimum atomic E-state index is 0.906. The van der Waals surface area contributed by atoms with Gasteiger partial charge in [0.1, 0.15) is 0 Å². The van der Waals surface area contributed by atoms with E-state index >= 15 is 0 Å². The topological polar surface area (TPSA) is 35.6 Å². The Morgan fingerprint density at radius 1 is 1.21 bits per heavy atom. The van der Waals surface area contributed by atoms with Crippen molar-refractivity contribution in [2.24, 2.45) is 0 Å². The van der Waals surface area contributed by atoms with Crippen LogP contribution in [0.15, 0.2) is 12.4 Å². The van der Waals surface area contributed by atoms with Crippen LogP contribution in [0.3, 0.4) is 0 Å². The van der Waals surface area contributed by atoms with Crippen LogP contribution in [0.1, 0.15) is 49.5 Å². The molecule has 102 valence electrons. The van der Waals surface area contributed by atoms with Gasteiger partial charge in [-0.15, -0.1) is 0 Å². The first-order valence-electron chi connectivity index (χ1n) is 7.40. The Morgan fingerprint density at radius 2 is 2.05 bits per heavy atom. The number of hydrogen-bond acceptors (Lipinski definition) is 2. The van der Waals surface area contributed by atoms with Gasteiger partial charge in [0.25, 0.3) is 0 Å². The summed E-state index contributed by atoms with van der Waals surface area (Å²) in [6.07, 6.45) is 7.92. The number of fused-ring (bicyclic) bond motifs is 1. The largest absolute Gasteiger partial charge is 0.328 e. The van der Waals surface area contributed by atoms with Crippen molar-refractivity contribution in [2.75, 3.05) is 0 Å². The Bertz CT molecular complexity index is 565. The molecule has 0 radical (unpaired) electrons. The fraction of sp³-hybridized carbons (Fsp3) is 0.600. The summed E-state index contributed by atoms with van der Waals surface area (Å²) in [6.45, 7) is 6.15. The molecule has 2 aromatic rings. The lowest BCUT2D eigenvalue weighted by atomic mass is 10.0. The highest BCUT2D eigenvalue weighted by Crippen LogP contribution is 2.21. The van der Waals surface area contributed by atoms with Crippen molar-refractivity contribution in [3.8, 4) is 0 Å². The average molecular weight is 258 g/mol. The van der Waals surface area contributed by atoms with Crippen LogP contribution >= 0.6 is 0 Å². The minimum Gasteiger partial charge on any atom is -0.328 e. The summed E-state index contributed by atoms with van der Waals surface area (Å²) in [7, 11) is 0. The molecule has 4 heteroatoms. The lowest BCUT2D eigenvalue weighted by Crippen LogP contribution is -2.12. The molecule has 3 rings (SSSR count). The molecular formula is C15H22N4. The van der Waals surface area contributed by atoms with Crippen molar-refractivity contribution in [3.63, 3.8) is 0 Å². The number of hydrogen-bond donors (Lipinski definition) is 0. The molecule has 1 aliphatic rings. The average Bonchev–Trinajstić information content (AvgIpc) is 3.04. The minimum absolute atomic E-state index is 0.906. The van der Waals surface area contributed by atoms with Crippen LogP contribution in [0.4, 0.5) is 0 Å². The van der Waals surface area contributed by atoms with Gasteiger partial charge in [0.2, 0.25) is 0 Å². The maximum Gasteiger partial charge on any atom is 0.0955 e. The zero-order valence-corrected chi connectivity index (χ0v) is 11.9. The molecule has 0 spiro atoms. The van der Waals surface area contributed by atoms with E-state index in [0.717, 1.165) is 25.9 Å². The zero-order valence-electron chi connectivity index (χ0n) is 11.9. The van der Waals surface area contributed by atoms with Crippen LogP contribution in [0.25, 0.3) is 0 Å². The normalized spacial score (nSPS) is 14.6. The second-order valence-electron chi connectivity index (χ2n) is 5.27. The Kier molecular flexibility index (Phi) is 3.40. The van der Waals surface area contributed by atoms with Crippen LogP contribution < -0.4 is 0 Å². The van der Waals surface area contributed by atoms with E-state index in [1.54, 1.807) is 0 Å². The zero-order chi connectivity index (χ0) is 13.2. The summed E-state index contributed by atoms with van der Waals surface area (Å²) < 4.78 is 4.44. The van der Waals surface area contributed by atoms with Gasteiger partial charge >= 0.3 is 0 Å². The highest BCUT2D eigenvalue weighted by Gasteiger charge is 2.16. The van der Waals surface area contributed by atoms with Crippen molar-refractivity contribution in [1.29, 1.82) is 0 Å². The van der Waals surface area contributed by atoms with Crippen molar-refractivity contribution in [3.05, 3.63) is 35.2 Å². The fourth-order valence-corrected chi connectivity index (χ4v) is 2.93. The van der Waals surface area contributed by atoms with Gasteiger partial charge in [-0.1, -0.05) is 6.92 Å². The molecule has 0 fully saturated rings. The molecule has 2 aromatic heterocycles. The van der Waals surface area contributed by atoms with E-state index in [1.807, 2.05) is 6.33 Å². The Morgan fingerprint density at radius 3 is 2.84 bits per heavy atom. The molecule has 1 aliphatic carbocycles. The summed E-state index contributed by atoms with van der Waals surface area (Å²) in [5, 5.41) is 4.62. The van der Waals surface area contributed by atoms with E-state index in [4.69, 9.17) is 0 Å². The quantitative estimate of drug-likeness (QED) is 0.845. The van der Waals surface area contributed by atoms with Gasteiger partial charge in [0.05, 0.1) is 30.0 Å². The predicted octanol–water partition coefficient (Wildman–Crippen LogP) is 2.59. The van der Waals surface area contributed by atoms with E-state index in [9.17, 15) is 0 Å². The molecule has 0 saturated heterocycles. The van der Waals surface area contributed by atoms with E-state index in [-0.39, 0.29) is 0 Å². The summed E-state index contributed by atoms with van der Waals surface area (Å²) in [5.74, 6) is 0. The summed E-state index contributed by atoms with van der Waals surface area (Å²) >= 11 is 0. The second-order valence-corrected chi connectivity index (χ2v) is 5.27. The lowest BCUT2D eigenvalue weighted by Gasteiger charge is -2.14. The maximum absolute atomic E-state index is 4.62. The molecule has 19 heavy (non-hydrogen) atoms. The third-order valence-electron chi connectivity index (χ3n) is 4.02. The molecule has 0 amide bonds. The molecule has 0 unspecified atom stereocenters. The Hall–Kier alpha value is -1.58. The molecule has 0 aromatic carbocycles. The smallest absolute Gasteiger partial charge is 0.0955 e. The van der Waals surface area contributed by atoms with Crippen LogP contribution in [0.2, 0.25) is 0 Å². The van der Waals surface area contributed by atoms with Crippen molar-refractivity contribution >= 4 is 0 Å².